The predicted octanol–water partition coefficient (Wildman–Crippen LogP) is 3.92. The fourth-order valence-corrected chi connectivity index (χ4v) is 3.65. The summed E-state index contributed by atoms with van der Waals surface area (Å²) in [6.45, 7) is 6.25. The molecule has 1 fully saturated rings. The van der Waals surface area contributed by atoms with E-state index in [1.165, 1.54) is 11.3 Å². The van der Waals surface area contributed by atoms with Gasteiger partial charge in [-0.1, -0.05) is 25.5 Å². The van der Waals surface area contributed by atoms with Crippen LogP contribution in [0.25, 0.3) is 0 Å². The number of hydrogen-bond acceptors (Lipinski definition) is 2. The second kappa shape index (κ2) is 8.24. The molecule has 25 heavy (non-hydrogen) atoms. The molecule has 1 N–H and O–H groups in total. The van der Waals surface area contributed by atoms with Crippen LogP contribution in [0.3, 0.4) is 0 Å². The van der Waals surface area contributed by atoms with Gasteiger partial charge in [0, 0.05) is 37.2 Å². The van der Waals surface area contributed by atoms with Gasteiger partial charge >= 0.3 is 0 Å². The molecule has 1 aliphatic rings. The SMILES string of the molecule is CCC[C@@H](C(=O)NC1CCN(c2cccc(C)c2)CC1)n1cccc1. The highest BCUT2D eigenvalue weighted by Crippen LogP contribution is 2.22. The Balaban J connectivity index is 1.55. The smallest absolute Gasteiger partial charge is 0.243 e. The molecule has 0 bridgehead atoms. The molecule has 0 unspecified atom stereocenters. The number of nitrogens with one attached hydrogen (secondary N) is 1. The van der Waals surface area contributed by atoms with E-state index < -0.39 is 0 Å². The number of benzene rings is 1. The molecule has 0 spiro atoms. The van der Waals surface area contributed by atoms with Crippen LogP contribution in [0, 0.1) is 6.92 Å². The van der Waals surface area contributed by atoms with Gasteiger partial charge in [0.05, 0.1) is 0 Å². The van der Waals surface area contributed by atoms with E-state index in [2.05, 4.69) is 48.3 Å². The first-order chi connectivity index (χ1) is 12.2. The highest BCUT2D eigenvalue weighted by atomic mass is 16.2. The third-order valence-electron chi connectivity index (χ3n) is 5.06. The van der Waals surface area contributed by atoms with E-state index in [1.807, 2.05) is 29.1 Å². The first-order valence-electron chi connectivity index (χ1n) is 9.42. The number of carbonyl (C=O) groups excluding carboxylic acids is 1. The van der Waals surface area contributed by atoms with Crippen LogP contribution < -0.4 is 10.2 Å². The van der Waals surface area contributed by atoms with Crippen LogP contribution in [0.2, 0.25) is 0 Å². The second-order valence-corrected chi connectivity index (χ2v) is 7.04. The Bertz CT molecular complexity index is 672. The number of piperidine rings is 1. The lowest BCUT2D eigenvalue weighted by molar-refractivity contribution is -0.125. The molecule has 0 aliphatic carbocycles. The van der Waals surface area contributed by atoms with Crippen LogP contribution in [0.4, 0.5) is 5.69 Å². The van der Waals surface area contributed by atoms with Gasteiger partial charge in [0.1, 0.15) is 6.04 Å². The molecule has 2 heterocycles. The van der Waals surface area contributed by atoms with E-state index in [4.69, 9.17) is 0 Å². The molecule has 2 aromatic rings. The fourth-order valence-electron chi connectivity index (χ4n) is 3.65. The largest absolute Gasteiger partial charge is 0.371 e. The van der Waals surface area contributed by atoms with Crippen molar-refractivity contribution in [3.8, 4) is 0 Å². The molecular formula is C21H29N3O. The maximum Gasteiger partial charge on any atom is 0.243 e. The van der Waals surface area contributed by atoms with Gasteiger partial charge in [0.2, 0.25) is 5.91 Å². The zero-order valence-corrected chi connectivity index (χ0v) is 15.3. The van der Waals surface area contributed by atoms with Crippen molar-refractivity contribution in [1.29, 1.82) is 0 Å². The molecule has 4 heteroatoms. The Labute approximate surface area is 150 Å². The van der Waals surface area contributed by atoms with Crippen LogP contribution in [-0.2, 0) is 4.79 Å². The summed E-state index contributed by atoms with van der Waals surface area (Å²) in [5.41, 5.74) is 2.59. The highest BCUT2D eigenvalue weighted by Gasteiger charge is 2.25. The summed E-state index contributed by atoms with van der Waals surface area (Å²) < 4.78 is 2.03. The fraction of sp³-hybridized carbons (Fsp3) is 0.476. The van der Waals surface area contributed by atoms with E-state index in [-0.39, 0.29) is 18.0 Å². The average Bonchev–Trinajstić information content (AvgIpc) is 3.14. The van der Waals surface area contributed by atoms with Gasteiger partial charge in [-0.3, -0.25) is 4.79 Å². The van der Waals surface area contributed by atoms with Crippen LogP contribution in [0.15, 0.2) is 48.8 Å². The number of hydrogen-bond donors (Lipinski definition) is 1. The van der Waals surface area contributed by atoms with Gasteiger partial charge < -0.3 is 14.8 Å². The molecule has 1 aromatic carbocycles. The van der Waals surface area contributed by atoms with E-state index in [0.29, 0.717) is 0 Å². The Morgan fingerprint density at radius 2 is 1.92 bits per heavy atom. The number of carbonyl (C=O) groups is 1. The lowest BCUT2D eigenvalue weighted by Crippen LogP contribution is -2.46. The molecule has 1 saturated heterocycles. The van der Waals surface area contributed by atoms with Gasteiger partial charge in [-0.05, 0) is 56.0 Å². The van der Waals surface area contributed by atoms with Crippen molar-refractivity contribution in [2.45, 2.75) is 51.6 Å². The van der Waals surface area contributed by atoms with Crippen LogP contribution >= 0.6 is 0 Å². The summed E-state index contributed by atoms with van der Waals surface area (Å²) >= 11 is 0. The molecular weight excluding hydrogens is 310 g/mol. The number of anilines is 1. The average molecular weight is 339 g/mol. The summed E-state index contributed by atoms with van der Waals surface area (Å²) in [6.07, 6.45) is 7.86. The predicted molar refractivity (Wildman–Crippen MR) is 103 cm³/mol. The number of aryl methyl sites for hydroxylation is 1. The van der Waals surface area contributed by atoms with Gasteiger partial charge in [-0.15, -0.1) is 0 Å². The van der Waals surface area contributed by atoms with Crippen LogP contribution in [0.5, 0.6) is 0 Å². The summed E-state index contributed by atoms with van der Waals surface area (Å²) in [5.74, 6) is 0.159. The second-order valence-electron chi connectivity index (χ2n) is 7.04. The molecule has 4 nitrogen and oxygen atoms in total. The number of rotatable bonds is 6. The van der Waals surface area contributed by atoms with Crippen LogP contribution in [-0.4, -0.2) is 29.6 Å². The molecule has 1 aliphatic heterocycles. The van der Waals surface area contributed by atoms with Crippen molar-refractivity contribution in [3.63, 3.8) is 0 Å². The Kier molecular flexibility index (Phi) is 5.79. The molecule has 1 atom stereocenters. The lowest BCUT2D eigenvalue weighted by atomic mass is 10.0. The van der Waals surface area contributed by atoms with Crippen LogP contribution in [0.1, 0.15) is 44.2 Å². The molecule has 0 radical (unpaired) electrons. The third kappa shape index (κ3) is 4.44. The Morgan fingerprint density at radius 3 is 2.56 bits per heavy atom. The van der Waals surface area contributed by atoms with E-state index >= 15 is 0 Å². The third-order valence-corrected chi connectivity index (χ3v) is 5.06. The number of amides is 1. The maximum atomic E-state index is 12.8. The monoisotopic (exact) mass is 339 g/mol. The minimum Gasteiger partial charge on any atom is -0.371 e. The van der Waals surface area contributed by atoms with E-state index in [1.54, 1.807) is 0 Å². The normalized spacial score (nSPS) is 16.6. The van der Waals surface area contributed by atoms with E-state index in [9.17, 15) is 4.79 Å². The summed E-state index contributed by atoms with van der Waals surface area (Å²) in [5, 5.41) is 3.29. The van der Waals surface area contributed by atoms with Gasteiger partial charge in [-0.2, -0.15) is 0 Å². The number of nitrogens with zero attached hydrogens (tertiary/aromatic N) is 2. The Morgan fingerprint density at radius 1 is 1.20 bits per heavy atom. The van der Waals surface area contributed by atoms with Gasteiger partial charge in [-0.25, -0.2) is 0 Å². The van der Waals surface area contributed by atoms with Crippen molar-refractivity contribution < 1.29 is 4.79 Å². The van der Waals surface area contributed by atoms with Crippen molar-refractivity contribution in [3.05, 3.63) is 54.4 Å². The topological polar surface area (TPSA) is 37.3 Å². The van der Waals surface area contributed by atoms with Gasteiger partial charge in [0.25, 0.3) is 0 Å². The minimum atomic E-state index is -0.0881. The first-order valence-corrected chi connectivity index (χ1v) is 9.42. The molecule has 1 amide bonds. The summed E-state index contributed by atoms with van der Waals surface area (Å²) in [7, 11) is 0. The summed E-state index contributed by atoms with van der Waals surface area (Å²) in [4.78, 5) is 15.2. The maximum absolute atomic E-state index is 12.8. The quantitative estimate of drug-likeness (QED) is 0.866. The summed E-state index contributed by atoms with van der Waals surface area (Å²) in [6, 6.07) is 12.8. The first kappa shape index (κ1) is 17.6. The zero-order valence-electron chi connectivity index (χ0n) is 15.3. The van der Waals surface area contributed by atoms with Crippen molar-refractivity contribution >= 4 is 11.6 Å². The zero-order chi connectivity index (χ0) is 17.6. The minimum absolute atomic E-state index is 0.0881. The van der Waals surface area contributed by atoms with Crippen molar-refractivity contribution in [2.75, 3.05) is 18.0 Å². The van der Waals surface area contributed by atoms with Crippen molar-refractivity contribution in [1.82, 2.24) is 9.88 Å². The molecule has 134 valence electrons. The Hall–Kier alpha value is -2.23. The molecule has 1 aromatic heterocycles. The van der Waals surface area contributed by atoms with Gasteiger partial charge in [0.15, 0.2) is 0 Å². The molecule has 0 saturated carbocycles. The highest BCUT2D eigenvalue weighted by molar-refractivity contribution is 5.80. The number of aromatic nitrogens is 1. The van der Waals surface area contributed by atoms with Crippen molar-refractivity contribution in [2.24, 2.45) is 0 Å². The van der Waals surface area contributed by atoms with E-state index in [0.717, 1.165) is 38.8 Å². The lowest BCUT2D eigenvalue weighted by Gasteiger charge is -2.34. The standard InChI is InChI=1S/C21H29N3O/c1-3-7-20(24-12-4-5-13-24)21(25)22-18-10-14-23(15-11-18)19-9-6-8-17(2)16-19/h4-6,8-9,12-13,16,18,20H,3,7,10-11,14-15H2,1-2H3,(H,22,25)/t20-/m0/s1. The molecule has 3 rings (SSSR count).